The van der Waals surface area contributed by atoms with Crippen molar-refractivity contribution < 1.29 is 14.3 Å². The van der Waals surface area contributed by atoms with Gasteiger partial charge in [-0.3, -0.25) is 4.79 Å². The largest absolute Gasteiger partial charge is 0.493 e. The molecule has 0 atom stereocenters. The van der Waals surface area contributed by atoms with Gasteiger partial charge in [-0.2, -0.15) is 0 Å². The van der Waals surface area contributed by atoms with Gasteiger partial charge in [0.1, 0.15) is 6.61 Å². The summed E-state index contributed by atoms with van der Waals surface area (Å²) >= 11 is 0. The summed E-state index contributed by atoms with van der Waals surface area (Å²) < 4.78 is 11.3. The van der Waals surface area contributed by atoms with E-state index in [0.717, 1.165) is 43.1 Å². The van der Waals surface area contributed by atoms with Gasteiger partial charge in [0.2, 0.25) is 0 Å². The van der Waals surface area contributed by atoms with E-state index in [1.165, 1.54) is 0 Å². The Kier molecular flexibility index (Phi) is 7.31. The highest BCUT2D eigenvalue weighted by molar-refractivity contribution is 6.04. The maximum absolute atomic E-state index is 12.8. The molecule has 7 heteroatoms. The number of piperazine rings is 1. The van der Waals surface area contributed by atoms with E-state index in [2.05, 4.69) is 27.0 Å². The van der Waals surface area contributed by atoms with Gasteiger partial charge in [0.15, 0.2) is 17.2 Å². The van der Waals surface area contributed by atoms with E-state index in [-0.39, 0.29) is 5.91 Å². The Morgan fingerprint density at radius 2 is 1.68 bits per heavy atom. The third-order valence-corrected chi connectivity index (χ3v) is 5.88. The standard InChI is InChI=1S/C27H28N4O3/c1-28-22-7-4-20(5-8-22)19-34-25-13-6-21(18-26(25)33-3)27(32)29-23-9-11-24(12-10-23)31-16-14-30(2)15-17-31/h4-13,18H,14-17,19H2,2-3H3,(H,29,32). The van der Waals surface area contributed by atoms with Gasteiger partial charge >= 0.3 is 0 Å². The fraction of sp³-hybridized carbons (Fsp3) is 0.259. The van der Waals surface area contributed by atoms with Gasteiger partial charge in [0, 0.05) is 43.1 Å². The van der Waals surface area contributed by atoms with Gasteiger partial charge in [-0.25, -0.2) is 4.85 Å². The zero-order valence-corrected chi connectivity index (χ0v) is 19.5. The van der Waals surface area contributed by atoms with Crippen molar-refractivity contribution >= 4 is 23.0 Å². The van der Waals surface area contributed by atoms with Crippen LogP contribution in [0.4, 0.5) is 17.1 Å². The minimum Gasteiger partial charge on any atom is -0.493 e. The number of nitrogens with one attached hydrogen (secondary N) is 1. The highest BCUT2D eigenvalue weighted by atomic mass is 16.5. The van der Waals surface area contributed by atoms with Crippen LogP contribution in [0.25, 0.3) is 4.85 Å². The molecule has 1 N–H and O–H groups in total. The van der Waals surface area contributed by atoms with Crippen LogP contribution < -0.4 is 19.7 Å². The van der Waals surface area contributed by atoms with E-state index < -0.39 is 0 Å². The van der Waals surface area contributed by atoms with Crippen LogP contribution in [0.5, 0.6) is 11.5 Å². The predicted octanol–water partition coefficient (Wildman–Crippen LogP) is 4.83. The highest BCUT2D eigenvalue weighted by Crippen LogP contribution is 2.29. The number of carbonyl (C=O) groups excluding carboxylic acids is 1. The van der Waals surface area contributed by atoms with E-state index >= 15 is 0 Å². The van der Waals surface area contributed by atoms with Crippen LogP contribution in [0.1, 0.15) is 15.9 Å². The predicted molar refractivity (Wildman–Crippen MR) is 134 cm³/mol. The number of nitrogens with zero attached hydrogens (tertiary/aromatic N) is 3. The first-order chi connectivity index (χ1) is 16.6. The van der Waals surface area contributed by atoms with Crippen LogP contribution in [0.2, 0.25) is 0 Å². The van der Waals surface area contributed by atoms with E-state index in [1.54, 1.807) is 37.4 Å². The first-order valence-electron chi connectivity index (χ1n) is 11.2. The summed E-state index contributed by atoms with van der Waals surface area (Å²) in [4.78, 5) is 20.9. The molecule has 34 heavy (non-hydrogen) atoms. The number of carbonyl (C=O) groups is 1. The second-order valence-electron chi connectivity index (χ2n) is 8.22. The monoisotopic (exact) mass is 456 g/mol. The summed E-state index contributed by atoms with van der Waals surface area (Å²) in [6.07, 6.45) is 0. The van der Waals surface area contributed by atoms with Crippen molar-refractivity contribution in [2.45, 2.75) is 6.61 Å². The molecule has 3 aromatic rings. The van der Waals surface area contributed by atoms with Crippen molar-refractivity contribution in [3.63, 3.8) is 0 Å². The molecule has 1 aliphatic heterocycles. The average molecular weight is 457 g/mol. The van der Waals surface area contributed by atoms with Gasteiger partial charge in [-0.05, 0) is 55.1 Å². The van der Waals surface area contributed by atoms with E-state index in [4.69, 9.17) is 16.0 Å². The molecule has 1 aliphatic rings. The molecule has 1 amide bonds. The van der Waals surface area contributed by atoms with Crippen molar-refractivity contribution in [2.75, 3.05) is 50.6 Å². The number of benzene rings is 3. The number of ether oxygens (including phenoxy) is 2. The number of hydrogen-bond acceptors (Lipinski definition) is 5. The molecule has 0 aromatic heterocycles. The number of rotatable bonds is 7. The molecule has 4 rings (SSSR count). The normalized spacial score (nSPS) is 13.7. The van der Waals surface area contributed by atoms with Crippen molar-refractivity contribution in [3.8, 4) is 11.5 Å². The number of amides is 1. The molecule has 1 heterocycles. The van der Waals surface area contributed by atoms with Gasteiger partial charge in [-0.15, -0.1) is 0 Å². The summed E-state index contributed by atoms with van der Waals surface area (Å²) in [6, 6.07) is 20.3. The molecule has 1 saturated heterocycles. The minimum atomic E-state index is -0.216. The van der Waals surface area contributed by atoms with Crippen LogP contribution in [0, 0.1) is 6.57 Å². The second kappa shape index (κ2) is 10.7. The molecule has 0 saturated carbocycles. The zero-order valence-electron chi connectivity index (χ0n) is 19.5. The first kappa shape index (κ1) is 23.1. The Bertz CT molecular complexity index is 1160. The summed E-state index contributed by atoms with van der Waals surface area (Å²) in [6.45, 7) is 11.5. The quantitative estimate of drug-likeness (QED) is 0.516. The van der Waals surface area contributed by atoms with Crippen LogP contribution in [0.3, 0.4) is 0 Å². The van der Waals surface area contributed by atoms with Crippen molar-refractivity contribution in [3.05, 3.63) is 89.3 Å². The Hall–Kier alpha value is -4.02. The minimum absolute atomic E-state index is 0.216. The fourth-order valence-electron chi connectivity index (χ4n) is 3.78. The average Bonchev–Trinajstić information content (AvgIpc) is 2.88. The lowest BCUT2D eigenvalue weighted by Crippen LogP contribution is -2.44. The summed E-state index contributed by atoms with van der Waals surface area (Å²) in [5.41, 5.74) is 3.92. The van der Waals surface area contributed by atoms with Gasteiger partial charge in [0.25, 0.3) is 5.91 Å². The molecule has 0 aliphatic carbocycles. The maximum Gasteiger partial charge on any atom is 0.255 e. The van der Waals surface area contributed by atoms with Crippen LogP contribution in [-0.4, -0.2) is 51.1 Å². The Balaban J connectivity index is 1.37. The van der Waals surface area contributed by atoms with E-state index in [9.17, 15) is 4.79 Å². The highest BCUT2D eigenvalue weighted by Gasteiger charge is 2.15. The summed E-state index contributed by atoms with van der Waals surface area (Å²) in [5, 5.41) is 2.95. The second-order valence-corrected chi connectivity index (χ2v) is 8.22. The lowest BCUT2D eigenvalue weighted by Gasteiger charge is -2.34. The lowest BCUT2D eigenvalue weighted by molar-refractivity contribution is 0.102. The van der Waals surface area contributed by atoms with Gasteiger partial charge in [0.05, 0.1) is 13.7 Å². The lowest BCUT2D eigenvalue weighted by atomic mass is 10.1. The number of methoxy groups -OCH3 is 1. The number of anilines is 2. The summed E-state index contributed by atoms with van der Waals surface area (Å²) in [5.74, 6) is 0.813. The smallest absolute Gasteiger partial charge is 0.255 e. The van der Waals surface area contributed by atoms with Crippen LogP contribution in [-0.2, 0) is 6.61 Å². The molecule has 0 bridgehead atoms. The van der Waals surface area contributed by atoms with Crippen molar-refractivity contribution in [1.29, 1.82) is 0 Å². The third kappa shape index (κ3) is 5.66. The van der Waals surface area contributed by atoms with E-state index in [0.29, 0.717) is 29.4 Å². The van der Waals surface area contributed by atoms with Crippen LogP contribution >= 0.6 is 0 Å². The Labute approximate surface area is 200 Å². The molecule has 174 valence electrons. The topological polar surface area (TPSA) is 58.4 Å². The van der Waals surface area contributed by atoms with E-state index in [1.807, 2.05) is 36.4 Å². The molecule has 1 fully saturated rings. The molecule has 0 unspecified atom stereocenters. The molecule has 0 spiro atoms. The number of likely N-dealkylation sites (N-methyl/N-ethyl adjacent to an activating group) is 1. The van der Waals surface area contributed by atoms with Crippen LogP contribution in [0.15, 0.2) is 66.7 Å². The van der Waals surface area contributed by atoms with Crippen molar-refractivity contribution in [2.24, 2.45) is 0 Å². The molecular weight excluding hydrogens is 428 g/mol. The first-order valence-corrected chi connectivity index (χ1v) is 11.2. The third-order valence-electron chi connectivity index (χ3n) is 5.88. The Morgan fingerprint density at radius 1 is 0.971 bits per heavy atom. The van der Waals surface area contributed by atoms with Gasteiger partial charge < -0.3 is 24.6 Å². The maximum atomic E-state index is 12.8. The fourth-order valence-corrected chi connectivity index (χ4v) is 3.78. The molecular formula is C27H28N4O3. The van der Waals surface area contributed by atoms with Crippen molar-refractivity contribution in [1.82, 2.24) is 4.90 Å². The SMILES string of the molecule is [C-]#[N+]c1ccc(COc2ccc(C(=O)Nc3ccc(N4CCN(C)CC4)cc3)cc2OC)cc1. The molecule has 7 nitrogen and oxygen atoms in total. The van der Waals surface area contributed by atoms with Gasteiger partial charge in [-0.1, -0.05) is 24.3 Å². The molecule has 3 aromatic carbocycles. The Morgan fingerprint density at radius 3 is 2.32 bits per heavy atom. The summed E-state index contributed by atoms with van der Waals surface area (Å²) in [7, 11) is 3.69. The number of hydrogen-bond donors (Lipinski definition) is 1. The molecule has 0 radical (unpaired) electrons. The zero-order chi connectivity index (χ0) is 23.9.